The second-order valence-electron chi connectivity index (χ2n) is 8.91. The number of nitrogens with one attached hydrogen (secondary N) is 2. The van der Waals surface area contributed by atoms with E-state index < -0.39 is 23.4 Å². The SMILES string of the molecule is Cc1cc(-n2ccc(NC(=O)N3CCN(C(=O)CC(C)(C)NC(=O)O)CC3)nc2=O)ccc1C=O. The minimum absolute atomic E-state index is 0.00308. The smallest absolute Gasteiger partial charge is 0.405 e. The number of rotatable bonds is 6. The minimum Gasteiger partial charge on any atom is -0.465 e. The molecule has 1 aliphatic heterocycles. The summed E-state index contributed by atoms with van der Waals surface area (Å²) in [6.07, 6.45) is 1.04. The molecular weight excluding hydrogens is 456 g/mol. The molecule has 2 heterocycles. The summed E-state index contributed by atoms with van der Waals surface area (Å²) in [4.78, 5) is 66.5. The van der Waals surface area contributed by atoms with Gasteiger partial charge >= 0.3 is 17.8 Å². The van der Waals surface area contributed by atoms with Crippen molar-refractivity contribution in [2.75, 3.05) is 31.5 Å². The number of carbonyl (C=O) groups is 4. The quantitative estimate of drug-likeness (QED) is 0.525. The van der Waals surface area contributed by atoms with Crippen molar-refractivity contribution in [3.63, 3.8) is 0 Å². The topological polar surface area (TPSA) is 154 Å². The van der Waals surface area contributed by atoms with E-state index in [-0.39, 0.29) is 31.2 Å². The van der Waals surface area contributed by atoms with Gasteiger partial charge in [-0.15, -0.1) is 0 Å². The molecule has 0 saturated carbocycles. The van der Waals surface area contributed by atoms with Gasteiger partial charge in [0.15, 0.2) is 0 Å². The van der Waals surface area contributed by atoms with Gasteiger partial charge < -0.3 is 20.2 Å². The molecule has 1 aliphatic rings. The molecule has 0 spiro atoms. The van der Waals surface area contributed by atoms with Gasteiger partial charge in [-0.05, 0) is 50.6 Å². The number of carboxylic acid groups (broad SMARTS) is 1. The molecule has 0 bridgehead atoms. The number of hydrogen-bond donors (Lipinski definition) is 3. The third kappa shape index (κ3) is 6.43. The van der Waals surface area contributed by atoms with Crippen LogP contribution < -0.4 is 16.3 Å². The van der Waals surface area contributed by atoms with Crippen LogP contribution >= 0.6 is 0 Å². The number of benzene rings is 1. The third-order valence-electron chi connectivity index (χ3n) is 5.66. The van der Waals surface area contributed by atoms with Crippen molar-refractivity contribution in [1.82, 2.24) is 24.7 Å². The Bertz CT molecular complexity index is 1200. The van der Waals surface area contributed by atoms with E-state index in [4.69, 9.17) is 5.11 Å². The Kier molecular flexibility index (Phi) is 7.52. The lowest BCUT2D eigenvalue weighted by molar-refractivity contribution is -0.133. The van der Waals surface area contributed by atoms with E-state index >= 15 is 0 Å². The van der Waals surface area contributed by atoms with E-state index in [0.29, 0.717) is 24.3 Å². The van der Waals surface area contributed by atoms with Crippen molar-refractivity contribution >= 4 is 30.1 Å². The van der Waals surface area contributed by atoms with E-state index in [9.17, 15) is 24.0 Å². The van der Waals surface area contributed by atoms with Gasteiger partial charge in [0.1, 0.15) is 12.1 Å². The highest BCUT2D eigenvalue weighted by Gasteiger charge is 2.29. The first-order chi connectivity index (χ1) is 16.5. The maximum Gasteiger partial charge on any atom is 0.405 e. The molecule has 12 nitrogen and oxygen atoms in total. The summed E-state index contributed by atoms with van der Waals surface area (Å²) in [7, 11) is 0. The molecule has 12 heteroatoms. The average molecular weight is 485 g/mol. The molecule has 3 N–H and O–H groups in total. The van der Waals surface area contributed by atoms with Crippen LogP contribution in [0.1, 0.15) is 36.2 Å². The van der Waals surface area contributed by atoms with Crippen molar-refractivity contribution in [3.8, 4) is 5.69 Å². The minimum atomic E-state index is -1.20. The van der Waals surface area contributed by atoms with Crippen LogP contribution in [-0.4, -0.2) is 80.5 Å². The summed E-state index contributed by atoms with van der Waals surface area (Å²) in [6, 6.07) is 6.01. The van der Waals surface area contributed by atoms with Gasteiger partial charge in [0.2, 0.25) is 5.91 Å². The van der Waals surface area contributed by atoms with E-state index in [1.54, 1.807) is 43.9 Å². The number of amides is 4. The van der Waals surface area contributed by atoms with Crippen molar-refractivity contribution < 1.29 is 24.3 Å². The highest BCUT2D eigenvalue weighted by molar-refractivity contribution is 5.88. The van der Waals surface area contributed by atoms with Crippen LogP contribution in [0, 0.1) is 6.92 Å². The van der Waals surface area contributed by atoms with Gasteiger partial charge in [-0.2, -0.15) is 4.98 Å². The fraction of sp³-hybridized carbons (Fsp3) is 0.391. The molecule has 0 atom stereocenters. The lowest BCUT2D eigenvalue weighted by atomic mass is 10.00. The van der Waals surface area contributed by atoms with Gasteiger partial charge in [-0.1, -0.05) is 0 Å². The largest absolute Gasteiger partial charge is 0.465 e. The predicted molar refractivity (Wildman–Crippen MR) is 127 cm³/mol. The molecule has 1 aromatic heterocycles. The molecule has 1 fully saturated rings. The Hall–Kier alpha value is -4.22. The maximum absolute atomic E-state index is 12.6. The first-order valence-corrected chi connectivity index (χ1v) is 11.0. The van der Waals surface area contributed by atoms with E-state index in [1.165, 1.54) is 21.7 Å². The number of piperazine rings is 1. The van der Waals surface area contributed by atoms with E-state index in [1.807, 2.05) is 0 Å². The molecule has 186 valence electrons. The summed E-state index contributed by atoms with van der Waals surface area (Å²) < 4.78 is 1.31. The monoisotopic (exact) mass is 484 g/mol. The van der Waals surface area contributed by atoms with E-state index in [2.05, 4.69) is 15.6 Å². The number of hydrogen-bond acceptors (Lipinski definition) is 6. The number of urea groups is 1. The summed E-state index contributed by atoms with van der Waals surface area (Å²) in [5.74, 6) is -0.108. The van der Waals surface area contributed by atoms with Crippen LogP contribution in [0.2, 0.25) is 0 Å². The molecule has 4 amide bonds. The number of anilines is 1. The average Bonchev–Trinajstić information content (AvgIpc) is 2.78. The molecular formula is C23H28N6O6. The van der Waals surface area contributed by atoms with Crippen LogP contribution in [-0.2, 0) is 4.79 Å². The molecule has 2 aromatic rings. The van der Waals surface area contributed by atoms with Gasteiger partial charge in [-0.25, -0.2) is 14.4 Å². The zero-order valence-corrected chi connectivity index (χ0v) is 19.8. The molecule has 0 aliphatic carbocycles. The number of carbonyl (C=O) groups excluding carboxylic acids is 3. The fourth-order valence-corrected chi connectivity index (χ4v) is 3.78. The number of aromatic nitrogens is 2. The van der Waals surface area contributed by atoms with Crippen molar-refractivity contribution in [1.29, 1.82) is 0 Å². The number of nitrogens with zero attached hydrogens (tertiary/aromatic N) is 4. The summed E-state index contributed by atoms with van der Waals surface area (Å²) in [5.41, 5.74) is 0.306. The lowest BCUT2D eigenvalue weighted by Gasteiger charge is -2.36. The molecule has 0 unspecified atom stereocenters. The maximum atomic E-state index is 12.6. The second kappa shape index (κ2) is 10.4. The number of aldehydes is 1. The van der Waals surface area contributed by atoms with Gasteiger partial charge in [0.05, 0.1) is 5.69 Å². The van der Waals surface area contributed by atoms with Crippen molar-refractivity contribution in [2.45, 2.75) is 32.7 Å². The van der Waals surface area contributed by atoms with E-state index in [0.717, 1.165) is 11.8 Å². The summed E-state index contributed by atoms with van der Waals surface area (Å²) >= 11 is 0. The highest BCUT2D eigenvalue weighted by atomic mass is 16.4. The Morgan fingerprint density at radius 2 is 1.77 bits per heavy atom. The first-order valence-electron chi connectivity index (χ1n) is 11.0. The molecule has 35 heavy (non-hydrogen) atoms. The van der Waals surface area contributed by atoms with Crippen LogP contribution in [0.5, 0.6) is 0 Å². The van der Waals surface area contributed by atoms with Crippen LogP contribution in [0.25, 0.3) is 5.69 Å². The summed E-state index contributed by atoms with van der Waals surface area (Å²) in [6.45, 7) is 6.20. The standard InChI is InChI=1S/C23H28N6O6/c1-15-12-17(5-4-16(15)14-30)29-7-6-18(25-21(29)33)24-20(32)28-10-8-27(9-11-28)19(31)13-23(2,3)26-22(34)35/h4-7,12,14,26H,8-11,13H2,1-3H3,(H,34,35)(H,24,25,32,33). The van der Waals surface area contributed by atoms with Crippen LogP contribution in [0.15, 0.2) is 35.3 Å². The molecule has 1 saturated heterocycles. The first kappa shape index (κ1) is 25.4. The Morgan fingerprint density at radius 3 is 2.34 bits per heavy atom. The predicted octanol–water partition coefficient (Wildman–Crippen LogP) is 1.47. The Labute approximate surface area is 201 Å². The van der Waals surface area contributed by atoms with Crippen LogP contribution in [0.3, 0.4) is 0 Å². The molecule has 1 aromatic carbocycles. The fourth-order valence-electron chi connectivity index (χ4n) is 3.78. The summed E-state index contributed by atoms with van der Waals surface area (Å²) in [5, 5.41) is 13.8. The second-order valence-corrected chi connectivity index (χ2v) is 8.91. The third-order valence-corrected chi connectivity index (χ3v) is 5.66. The van der Waals surface area contributed by atoms with Gasteiger partial charge in [0.25, 0.3) is 0 Å². The lowest BCUT2D eigenvalue weighted by Crippen LogP contribution is -2.54. The number of aryl methyl sites for hydroxylation is 1. The van der Waals surface area contributed by atoms with Gasteiger partial charge in [0, 0.05) is 49.9 Å². The Balaban J connectivity index is 1.57. The Morgan fingerprint density at radius 1 is 1.11 bits per heavy atom. The zero-order valence-electron chi connectivity index (χ0n) is 19.8. The molecule has 3 rings (SSSR count). The highest BCUT2D eigenvalue weighted by Crippen LogP contribution is 2.15. The van der Waals surface area contributed by atoms with Gasteiger partial charge in [-0.3, -0.25) is 19.5 Å². The van der Waals surface area contributed by atoms with Crippen LogP contribution in [0.4, 0.5) is 15.4 Å². The normalized spacial score (nSPS) is 13.8. The zero-order chi connectivity index (χ0) is 25.8. The van der Waals surface area contributed by atoms with Crippen molar-refractivity contribution in [3.05, 3.63) is 52.1 Å². The van der Waals surface area contributed by atoms with Crippen molar-refractivity contribution in [2.24, 2.45) is 0 Å². The molecule has 0 radical (unpaired) electrons.